The summed E-state index contributed by atoms with van der Waals surface area (Å²) in [4.78, 5) is 16.5. The van der Waals surface area contributed by atoms with Crippen LogP contribution in [-0.2, 0) is 14.8 Å². The second-order valence-electron chi connectivity index (χ2n) is 8.01. The summed E-state index contributed by atoms with van der Waals surface area (Å²) < 4.78 is 33.8. The molecule has 3 aromatic heterocycles. The van der Waals surface area contributed by atoms with Crippen molar-refractivity contribution in [2.45, 2.75) is 56.7 Å². The molecule has 0 bridgehead atoms. The third-order valence-corrected chi connectivity index (χ3v) is 9.95. The molecule has 0 saturated carbocycles. The molecule has 0 aromatic carbocycles. The lowest BCUT2D eigenvalue weighted by Gasteiger charge is -2.21. The molecule has 0 saturated heterocycles. The number of aromatic nitrogens is 1. The first-order valence-corrected chi connectivity index (χ1v) is 14.2. The average molecular weight is 510 g/mol. The molecule has 10 heteroatoms. The number of carbonyl (C=O) groups is 1. The Morgan fingerprint density at radius 2 is 2.03 bits per heavy atom. The highest BCUT2D eigenvalue weighted by Gasteiger charge is 2.26. The summed E-state index contributed by atoms with van der Waals surface area (Å²) in [5, 5.41) is 6.89. The molecule has 0 spiro atoms. The number of hydrogen-bond acceptors (Lipinski definition) is 8. The lowest BCUT2D eigenvalue weighted by Crippen LogP contribution is -2.32. The Morgan fingerprint density at radius 1 is 1.24 bits per heavy atom. The first-order valence-electron chi connectivity index (χ1n) is 11.1. The van der Waals surface area contributed by atoms with Gasteiger partial charge in [0.1, 0.15) is 14.9 Å². The van der Waals surface area contributed by atoms with Crippen molar-refractivity contribution in [3.8, 4) is 0 Å². The minimum Gasteiger partial charge on any atom is -0.465 e. The van der Waals surface area contributed by atoms with Gasteiger partial charge in [0.15, 0.2) is 0 Å². The van der Waals surface area contributed by atoms with Gasteiger partial charge in [0.05, 0.1) is 11.8 Å². The topological polar surface area (TPSA) is 88.6 Å². The third-order valence-electron chi connectivity index (χ3n) is 5.40. The van der Waals surface area contributed by atoms with Crippen molar-refractivity contribution < 1.29 is 17.9 Å². The highest BCUT2D eigenvalue weighted by atomic mass is 32.2. The molecular weight excluding hydrogens is 478 g/mol. The molecule has 0 fully saturated rings. The number of anilines is 1. The van der Waals surface area contributed by atoms with E-state index in [0.717, 1.165) is 42.8 Å². The summed E-state index contributed by atoms with van der Waals surface area (Å²) in [6.07, 6.45) is 5.12. The molecule has 0 aliphatic rings. The summed E-state index contributed by atoms with van der Waals surface area (Å²) in [6, 6.07) is 5.26. The summed E-state index contributed by atoms with van der Waals surface area (Å²) in [6.45, 7) is 7.09. The molecule has 0 radical (unpaired) electrons. The van der Waals surface area contributed by atoms with E-state index < -0.39 is 16.0 Å². The monoisotopic (exact) mass is 509 g/mol. The smallest absolute Gasteiger partial charge is 0.348 e. The number of aryl methyl sites for hydroxylation is 1. The fourth-order valence-corrected chi connectivity index (χ4v) is 7.58. The Kier molecular flexibility index (Phi) is 8.86. The molecule has 180 valence electrons. The lowest BCUT2D eigenvalue weighted by molar-refractivity contribution is 0.0606. The van der Waals surface area contributed by atoms with Crippen LogP contribution in [0, 0.1) is 6.92 Å². The third kappa shape index (κ3) is 6.11. The number of fused-ring (bicyclic) bond motifs is 1. The molecule has 0 unspecified atom stereocenters. The van der Waals surface area contributed by atoms with Gasteiger partial charge in [-0.05, 0) is 62.3 Å². The van der Waals surface area contributed by atoms with Crippen LogP contribution in [0.1, 0.15) is 54.8 Å². The summed E-state index contributed by atoms with van der Waals surface area (Å²) in [5.41, 5.74) is 1.26. The van der Waals surface area contributed by atoms with E-state index in [-0.39, 0.29) is 15.1 Å². The minimum absolute atomic E-state index is 0.178. The van der Waals surface area contributed by atoms with Gasteiger partial charge < -0.3 is 10.1 Å². The highest BCUT2D eigenvalue weighted by Crippen LogP contribution is 2.31. The van der Waals surface area contributed by atoms with Crippen molar-refractivity contribution in [3.63, 3.8) is 0 Å². The van der Waals surface area contributed by atoms with E-state index in [1.165, 1.54) is 39.2 Å². The van der Waals surface area contributed by atoms with Crippen LogP contribution in [0.3, 0.4) is 0 Å². The molecule has 0 aliphatic heterocycles. The number of rotatable bonds is 12. The normalized spacial score (nSPS) is 12.9. The molecule has 0 aliphatic carbocycles. The second-order valence-corrected chi connectivity index (χ2v) is 12.1. The zero-order chi connectivity index (χ0) is 24.0. The first kappa shape index (κ1) is 25.6. The first-order chi connectivity index (χ1) is 15.8. The molecule has 3 aromatic rings. The maximum absolute atomic E-state index is 13.1. The number of thiophene rings is 2. The predicted molar refractivity (Wildman–Crippen MR) is 136 cm³/mol. The second kappa shape index (κ2) is 11.4. The fraction of sp³-hybridized carbons (Fsp3) is 0.478. The van der Waals surface area contributed by atoms with Gasteiger partial charge >= 0.3 is 5.97 Å². The Bertz CT molecular complexity index is 1190. The molecule has 3 heterocycles. The van der Waals surface area contributed by atoms with Crippen LogP contribution in [0.25, 0.3) is 10.1 Å². The van der Waals surface area contributed by atoms with E-state index >= 15 is 0 Å². The van der Waals surface area contributed by atoms with Crippen LogP contribution in [-0.4, -0.2) is 49.9 Å². The van der Waals surface area contributed by atoms with Crippen LogP contribution in [0.15, 0.2) is 34.0 Å². The number of hydrogen-bond donors (Lipinski definition) is 1. The SMILES string of the molecule is CCCN(CCCC[C@H](C)Nc1nccc2c(C)csc12)S(=O)(=O)c1ccc(C(=O)OC)s1. The van der Waals surface area contributed by atoms with Crippen molar-refractivity contribution in [1.29, 1.82) is 0 Å². The number of carbonyl (C=O) groups excluding carboxylic acids is 1. The Hall–Kier alpha value is -2.01. The minimum atomic E-state index is -3.64. The van der Waals surface area contributed by atoms with Crippen molar-refractivity contribution >= 4 is 54.6 Å². The van der Waals surface area contributed by atoms with Gasteiger partial charge in [0.2, 0.25) is 0 Å². The predicted octanol–water partition coefficient (Wildman–Crippen LogP) is 5.52. The molecule has 33 heavy (non-hydrogen) atoms. The molecule has 1 atom stereocenters. The number of sulfonamides is 1. The van der Waals surface area contributed by atoms with Crippen LogP contribution in [0.5, 0.6) is 0 Å². The van der Waals surface area contributed by atoms with E-state index in [1.807, 2.05) is 19.2 Å². The molecular formula is C23H31N3O4S3. The number of nitrogens with zero attached hydrogens (tertiary/aromatic N) is 2. The summed E-state index contributed by atoms with van der Waals surface area (Å²) >= 11 is 2.65. The highest BCUT2D eigenvalue weighted by molar-refractivity contribution is 7.91. The Balaban J connectivity index is 1.55. The molecule has 7 nitrogen and oxygen atoms in total. The lowest BCUT2D eigenvalue weighted by atomic mass is 10.1. The number of pyridine rings is 1. The summed E-state index contributed by atoms with van der Waals surface area (Å²) in [5.74, 6) is 0.389. The van der Waals surface area contributed by atoms with Crippen molar-refractivity contribution in [1.82, 2.24) is 9.29 Å². The van der Waals surface area contributed by atoms with Crippen molar-refractivity contribution in [2.75, 3.05) is 25.5 Å². The van der Waals surface area contributed by atoms with Gasteiger partial charge in [-0.25, -0.2) is 18.2 Å². The van der Waals surface area contributed by atoms with Crippen LogP contribution >= 0.6 is 22.7 Å². The van der Waals surface area contributed by atoms with Crippen LogP contribution in [0.4, 0.5) is 5.82 Å². The van der Waals surface area contributed by atoms with E-state index in [9.17, 15) is 13.2 Å². The zero-order valence-corrected chi connectivity index (χ0v) is 21.9. The molecule has 0 amide bonds. The van der Waals surface area contributed by atoms with Gasteiger partial charge in [-0.15, -0.1) is 22.7 Å². The maximum Gasteiger partial charge on any atom is 0.348 e. The van der Waals surface area contributed by atoms with E-state index in [2.05, 4.69) is 29.5 Å². The zero-order valence-electron chi connectivity index (χ0n) is 19.5. The fourth-order valence-electron chi connectivity index (χ4n) is 3.63. The number of methoxy groups -OCH3 is 1. The van der Waals surface area contributed by atoms with Gasteiger partial charge in [0, 0.05) is 30.7 Å². The number of esters is 1. The Labute approximate surface area is 203 Å². The molecule has 1 N–H and O–H groups in total. The number of unbranched alkanes of at least 4 members (excludes halogenated alkanes) is 1. The van der Waals surface area contributed by atoms with Gasteiger partial charge in [-0.3, -0.25) is 0 Å². The quantitative estimate of drug-likeness (QED) is 0.255. The number of ether oxygens (including phenoxy) is 1. The maximum atomic E-state index is 13.1. The number of nitrogens with one attached hydrogen (secondary N) is 1. The van der Waals surface area contributed by atoms with E-state index in [1.54, 1.807) is 11.3 Å². The largest absolute Gasteiger partial charge is 0.465 e. The van der Waals surface area contributed by atoms with Crippen LogP contribution in [0.2, 0.25) is 0 Å². The van der Waals surface area contributed by atoms with Gasteiger partial charge in [0.25, 0.3) is 10.0 Å². The van der Waals surface area contributed by atoms with Gasteiger partial charge in [-0.1, -0.05) is 13.3 Å². The van der Waals surface area contributed by atoms with Crippen molar-refractivity contribution in [2.24, 2.45) is 0 Å². The van der Waals surface area contributed by atoms with E-state index in [0.29, 0.717) is 13.1 Å². The summed E-state index contributed by atoms with van der Waals surface area (Å²) in [7, 11) is -2.35. The molecule has 3 rings (SSSR count). The Morgan fingerprint density at radius 3 is 2.76 bits per heavy atom. The van der Waals surface area contributed by atoms with Crippen LogP contribution < -0.4 is 5.32 Å². The van der Waals surface area contributed by atoms with Gasteiger partial charge in [-0.2, -0.15) is 4.31 Å². The van der Waals surface area contributed by atoms with E-state index in [4.69, 9.17) is 4.74 Å². The average Bonchev–Trinajstić information content (AvgIpc) is 3.44. The van der Waals surface area contributed by atoms with Crippen molar-refractivity contribution in [3.05, 3.63) is 40.2 Å². The standard InChI is InChI=1S/C23H31N3O4S3/c1-5-13-26(33(28,29)20-10-9-19(32-20)23(27)30-4)14-7-6-8-17(3)25-22-21-18(11-12-24-22)16(2)15-31-21/h9-12,15,17H,5-8,13-14H2,1-4H3,(H,24,25)/t17-/m0/s1.